The van der Waals surface area contributed by atoms with Gasteiger partial charge in [0.05, 0.1) is 0 Å². The van der Waals surface area contributed by atoms with E-state index in [4.69, 9.17) is 27.6 Å². The maximum atomic E-state index is 11.8. The number of nitrogens with one attached hydrogen (secondary N) is 1. The molecule has 0 aliphatic rings. The number of benzene rings is 1. The molecule has 0 fully saturated rings. The minimum atomic E-state index is -0.363. The van der Waals surface area contributed by atoms with Crippen LogP contribution < -0.4 is 5.32 Å². The fraction of sp³-hybridized carbons (Fsp3) is 0. The number of hydrogen-bond acceptors (Lipinski definition) is 5. The van der Waals surface area contributed by atoms with Gasteiger partial charge in [-0.1, -0.05) is 34.4 Å². The van der Waals surface area contributed by atoms with E-state index in [-0.39, 0.29) is 17.8 Å². The number of amides is 1. The molecule has 23 heavy (non-hydrogen) atoms. The Balaban J connectivity index is 1.70. The highest BCUT2D eigenvalue weighted by Crippen LogP contribution is 2.27. The molecule has 5 nitrogen and oxygen atoms in total. The monoisotopic (exact) mass is 365 g/mol. The third kappa shape index (κ3) is 4.19. The smallest absolute Gasteiger partial charge is 0.322 e. The molecule has 1 aromatic carbocycles. The van der Waals surface area contributed by atoms with Crippen molar-refractivity contribution in [3.8, 4) is 11.5 Å². The highest BCUT2D eigenvalue weighted by Gasteiger charge is 2.11. The van der Waals surface area contributed by atoms with Crippen molar-refractivity contribution in [1.29, 1.82) is 0 Å². The lowest BCUT2D eigenvalue weighted by molar-refractivity contribution is -0.112. The number of aromatic nitrogens is 2. The topological polar surface area (TPSA) is 68.0 Å². The predicted molar refractivity (Wildman–Crippen MR) is 91.7 cm³/mol. The number of hydrogen-bond donors (Lipinski definition) is 1. The summed E-state index contributed by atoms with van der Waals surface area (Å²) in [6.07, 6.45) is 3.10. The van der Waals surface area contributed by atoms with Gasteiger partial charge in [-0.15, -0.1) is 16.4 Å². The first-order chi connectivity index (χ1) is 11.1. The molecule has 1 N–H and O–H groups in total. The molecule has 0 aliphatic heterocycles. The number of anilines is 1. The standard InChI is InChI=1S/C15H9Cl2N3O2S/c16-10-6-9(7-11(17)8-10)14-19-20-15(22-14)18-13(21)4-3-12-2-1-5-23-12/h1-8H,(H,18,20,21)/b4-3+. The Bertz CT molecular complexity index is 839. The Morgan fingerprint density at radius 2 is 2.00 bits per heavy atom. The van der Waals surface area contributed by atoms with Crippen LogP contribution in [0.4, 0.5) is 6.01 Å². The molecule has 3 aromatic rings. The summed E-state index contributed by atoms with van der Waals surface area (Å²) in [6.45, 7) is 0. The van der Waals surface area contributed by atoms with Gasteiger partial charge in [-0.2, -0.15) is 0 Å². The van der Waals surface area contributed by atoms with Crippen molar-refractivity contribution in [2.24, 2.45) is 0 Å². The van der Waals surface area contributed by atoms with Gasteiger partial charge in [0.15, 0.2) is 0 Å². The minimum Gasteiger partial charge on any atom is -0.403 e. The first-order valence-corrected chi connectivity index (χ1v) is 8.06. The average molecular weight is 366 g/mol. The summed E-state index contributed by atoms with van der Waals surface area (Å²) in [5.41, 5.74) is 0.574. The van der Waals surface area contributed by atoms with Crippen LogP contribution in [0.5, 0.6) is 0 Å². The van der Waals surface area contributed by atoms with Crippen LogP contribution in [0.3, 0.4) is 0 Å². The number of halogens is 2. The van der Waals surface area contributed by atoms with E-state index in [1.54, 1.807) is 24.3 Å². The molecule has 0 unspecified atom stereocenters. The van der Waals surface area contributed by atoms with Crippen molar-refractivity contribution in [2.75, 3.05) is 5.32 Å². The summed E-state index contributed by atoms with van der Waals surface area (Å²) in [6, 6.07) is 8.69. The van der Waals surface area contributed by atoms with Gasteiger partial charge in [0.2, 0.25) is 5.89 Å². The van der Waals surface area contributed by atoms with Crippen LogP contribution in [0.25, 0.3) is 17.5 Å². The Morgan fingerprint density at radius 3 is 2.70 bits per heavy atom. The van der Waals surface area contributed by atoms with Gasteiger partial charge in [-0.3, -0.25) is 10.1 Å². The molecule has 2 aromatic heterocycles. The van der Waals surface area contributed by atoms with Gasteiger partial charge in [0.25, 0.3) is 5.91 Å². The molecule has 2 heterocycles. The number of nitrogens with zero attached hydrogens (tertiary/aromatic N) is 2. The van der Waals surface area contributed by atoms with E-state index >= 15 is 0 Å². The van der Waals surface area contributed by atoms with Gasteiger partial charge in [0, 0.05) is 26.6 Å². The molecule has 1 amide bonds. The molecule has 0 spiro atoms. The van der Waals surface area contributed by atoms with Crippen LogP contribution in [-0.4, -0.2) is 16.1 Å². The molecule has 0 radical (unpaired) electrons. The van der Waals surface area contributed by atoms with Gasteiger partial charge >= 0.3 is 6.01 Å². The molecule has 8 heteroatoms. The number of carbonyl (C=O) groups is 1. The van der Waals surface area contributed by atoms with Crippen molar-refractivity contribution in [1.82, 2.24) is 10.2 Å². The molecule has 0 bridgehead atoms. The number of rotatable bonds is 4. The van der Waals surface area contributed by atoms with Gasteiger partial charge in [0.1, 0.15) is 0 Å². The second-order valence-corrected chi connectivity index (χ2v) is 6.26. The van der Waals surface area contributed by atoms with E-state index in [0.29, 0.717) is 15.6 Å². The van der Waals surface area contributed by atoms with E-state index in [2.05, 4.69) is 15.5 Å². The summed E-state index contributed by atoms with van der Waals surface area (Å²) in [5, 5.41) is 13.0. The molecular weight excluding hydrogens is 357 g/mol. The highest BCUT2D eigenvalue weighted by atomic mass is 35.5. The summed E-state index contributed by atoms with van der Waals surface area (Å²) < 4.78 is 5.38. The normalized spacial score (nSPS) is 11.0. The zero-order valence-electron chi connectivity index (χ0n) is 11.5. The minimum absolute atomic E-state index is 0.00284. The lowest BCUT2D eigenvalue weighted by Gasteiger charge is -1.98. The maximum Gasteiger partial charge on any atom is 0.322 e. The fourth-order valence-corrected chi connectivity index (χ4v) is 2.90. The van der Waals surface area contributed by atoms with Crippen molar-refractivity contribution < 1.29 is 9.21 Å². The zero-order chi connectivity index (χ0) is 16.2. The summed E-state index contributed by atoms with van der Waals surface area (Å²) in [4.78, 5) is 12.8. The highest BCUT2D eigenvalue weighted by molar-refractivity contribution is 7.10. The van der Waals surface area contributed by atoms with Crippen LogP contribution in [0, 0.1) is 0 Å². The van der Waals surface area contributed by atoms with Crippen LogP contribution in [0.1, 0.15) is 4.88 Å². The molecule has 0 aliphatic carbocycles. The molecule has 0 saturated heterocycles. The van der Waals surface area contributed by atoms with Crippen LogP contribution in [0.2, 0.25) is 10.0 Å². The lowest BCUT2D eigenvalue weighted by Crippen LogP contribution is -2.07. The fourth-order valence-electron chi connectivity index (χ4n) is 1.76. The molecule has 3 rings (SSSR count). The molecule has 0 atom stereocenters. The van der Waals surface area contributed by atoms with Crippen LogP contribution >= 0.6 is 34.5 Å². The van der Waals surface area contributed by atoms with Gasteiger partial charge < -0.3 is 4.42 Å². The Morgan fingerprint density at radius 1 is 1.22 bits per heavy atom. The SMILES string of the molecule is O=C(/C=C/c1cccs1)Nc1nnc(-c2cc(Cl)cc(Cl)c2)o1. The van der Waals surface area contributed by atoms with Crippen molar-refractivity contribution in [3.05, 3.63) is 56.7 Å². The van der Waals surface area contributed by atoms with E-state index < -0.39 is 0 Å². The molecular formula is C15H9Cl2N3O2S. The summed E-state index contributed by atoms with van der Waals surface area (Å²) >= 11 is 13.4. The molecule has 0 saturated carbocycles. The van der Waals surface area contributed by atoms with Gasteiger partial charge in [-0.25, -0.2) is 0 Å². The number of thiophene rings is 1. The second kappa shape index (κ2) is 6.95. The summed E-state index contributed by atoms with van der Waals surface area (Å²) in [7, 11) is 0. The maximum absolute atomic E-state index is 11.8. The van der Waals surface area contributed by atoms with Crippen LogP contribution in [0.15, 0.2) is 46.2 Å². The molecule has 116 valence electrons. The third-order valence-corrected chi connectivity index (χ3v) is 3.98. The second-order valence-electron chi connectivity index (χ2n) is 4.41. The zero-order valence-corrected chi connectivity index (χ0v) is 13.8. The average Bonchev–Trinajstić information content (AvgIpc) is 3.15. The first kappa shape index (κ1) is 15.7. The number of carbonyl (C=O) groups excluding carboxylic acids is 1. The predicted octanol–water partition coefficient (Wildman–Crippen LogP) is 4.76. The largest absolute Gasteiger partial charge is 0.403 e. The van der Waals surface area contributed by atoms with Gasteiger partial charge in [-0.05, 0) is 35.7 Å². The van der Waals surface area contributed by atoms with Crippen LogP contribution in [-0.2, 0) is 4.79 Å². The van der Waals surface area contributed by atoms with E-state index in [9.17, 15) is 4.79 Å². The Labute approximate surface area is 145 Å². The Hall–Kier alpha value is -2.15. The summed E-state index contributed by atoms with van der Waals surface area (Å²) in [5.74, 6) is -0.148. The van der Waals surface area contributed by atoms with Crippen molar-refractivity contribution in [2.45, 2.75) is 0 Å². The lowest BCUT2D eigenvalue weighted by atomic mass is 10.2. The first-order valence-electron chi connectivity index (χ1n) is 6.43. The van der Waals surface area contributed by atoms with E-state index in [1.807, 2.05) is 17.5 Å². The quantitative estimate of drug-likeness (QED) is 0.676. The third-order valence-electron chi connectivity index (χ3n) is 2.71. The van der Waals surface area contributed by atoms with Crippen molar-refractivity contribution in [3.63, 3.8) is 0 Å². The Kier molecular flexibility index (Phi) is 4.76. The van der Waals surface area contributed by atoms with Crippen molar-refractivity contribution >= 4 is 52.5 Å². The van der Waals surface area contributed by atoms with E-state index in [1.165, 1.54) is 17.4 Å². The van der Waals surface area contributed by atoms with E-state index in [0.717, 1.165) is 4.88 Å².